The first-order valence-corrected chi connectivity index (χ1v) is 6.28. The van der Waals surface area contributed by atoms with E-state index in [1.54, 1.807) is 0 Å². The maximum atomic E-state index is 11.4. The summed E-state index contributed by atoms with van der Waals surface area (Å²) in [4.78, 5) is 0. The van der Waals surface area contributed by atoms with Gasteiger partial charge in [-0.2, -0.15) is 0 Å². The zero-order valence-corrected chi connectivity index (χ0v) is 9.59. The Morgan fingerprint density at radius 1 is 1.43 bits per heavy atom. The third kappa shape index (κ3) is 5.54. The highest BCUT2D eigenvalue weighted by Gasteiger charge is 2.16. The highest BCUT2D eigenvalue weighted by atomic mass is 32.2. The molecule has 0 heterocycles. The first kappa shape index (κ1) is 13.8. The number of aliphatic hydroxyl groups is 1. The predicted octanol–water partition coefficient (Wildman–Crippen LogP) is -0.333. The van der Waals surface area contributed by atoms with Gasteiger partial charge in [-0.3, -0.25) is 0 Å². The molecule has 0 radical (unpaired) electrons. The molecule has 6 heteroatoms. The van der Waals surface area contributed by atoms with Crippen LogP contribution in [0.1, 0.15) is 13.3 Å². The Hall–Kier alpha value is -0.170. The number of rotatable bonds is 8. The minimum Gasteiger partial charge on any atom is -0.396 e. The Kier molecular flexibility index (Phi) is 7.08. The summed E-state index contributed by atoms with van der Waals surface area (Å²) in [6.07, 6.45) is 0.279. The lowest BCUT2D eigenvalue weighted by Crippen LogP contribution is -2.32. The Balaban J connectivity index is 3.89. The first-order valence-electron chi connectivity index (χ1n) is 4.67. The van der Waals surface area contributed by atoms with Crippen molar-refractivity contribution in [2.75, 3.05) is 39.2 Å². The summed E-state index contributed by atoms with van der Waals surface area (Å²) in [6.45, 7) is 3.12. The van der Waals surface area contributed by atoms with Gasteiger partial charge in [-0.05, 0) is 13.3 Å². The van der Waals surface area contributed by atoms with Crippen molar-refractivity contribution >= 4 is 10.0 Å². The number of sulfonamides is 1. The molecule has 0 saturated heterocycles. The second-order valence-electron chi connectivity index (χ2n) is 2.91. The normalized spacial score (nSPS) is 12.3. The van der Waals surface area contributed by atoms with E-state index in [9.17, 15) is 8.42 Å². The van der Waals surface area contributed by atoms with Gasteiger partial charge in [0.05, 0.1) is 12.4 Å². The number of likely N-dealkylation sites (N-methyl/N-ethyl adjacent to an activating group) is 1. The first-order chi connectivity index (χ1) is 6.54. The van der Waals surface area contributed by atoms with Gasteiger partial charge in [-0.1, -0.05) is 0 Å². The second-order valence-corrected chi connectivity index (χ2v) is 5.11. The molecule has 0 saturated carbocycles. The van der Waals surface area contributed by atoms with Crippen LogP contribution in [0.25, 0.3) is 0 Å². The topological polar surface area (TPSA) is 66.8 Å². The predicted molar refractivity (Wildman–Crippen MR) is 54.6 cm³/mol. The number of hydrogen-bond donors (Lipinski definition) is 1. The fourth-order valence-electron chi connectivity index (χ4n) is 0.879. The van der Waals surface area contributed by atoms with E-state index < -0.39 is 10.0 Å². The van der Waals surface area contributed by atoms with Gasteiger partial charge in [0, 0.05) is 26.8 Å². The molecule has 0 atom stereocenters. The molecule has 0 rings (SSSR count). The molecule has 14 heavy (non-hydrogen) atoms. The zero-order valence-electron chi connectivity index (χ0n) is 8.77. The van der Waals surface area contributed by atoms with Crippen LogP contribution in [0.15, 0.2) is 0 Å². The standard InChI is InChI=1S/C8H19NO4S/c1-3-13-7-5-9(2)14(11,12)8-4-6-10/h10H,3-8H2,1-2H3. The van der Waals surface area contributed by atoms with Crippen molar-refractivity contribution in [2.45, 2.75) is 13.3 Å². The summed E-state index contributed by atoms with van der Waals surface area (Å²) in [7, 11) is -1.69. The third-order valence-electron chi connectivity index (χ3n) is 1.79. The van der Waals surface area contributed by atoms with Crippen LogP contribution >= 0.6 is 0 Å². The van der Waals surface area contributed by atoms with Gasteiger partial charge in [-0.15, -0.1) is 0 Å². The van der Waals surface area contributed by atoms with Crippen LogP contribution in [-0.4, -0.2) is 57.0 Å². The minimum atomic E-state index is -3.21. The highest BCUT2D eigenvalue weighted by molar-refractivity contribution is 7.89. The molecule has 0 aromatic rings. The molecule has 86 valence electrons. The molecule has 0 fully saturated rings. The highest BCUT2D eigenvalue weighted by Crippen LogP contribution is 1.99. The molecular weight excluding hydrogens is 206 g/mol. The van der Waals surface area contributed by atoms with Crippen molar-refractivity contribution in [3.05, 3.63) is 0 Å². The van der Waals surface area contributed by atoms with Crippen LogP contribution in [0.2, 0.25) is 0 Å². The van der Waals surface area contributed by atoms with Gasteiger partial charge in [0.25, 0.3) is 0 Å². The van der Waals surface area contributed by atoms with E-state index >= 15 is 0 Å². The van der Waals surface area contributed by atoms with E-state index in [2.05, 4.69) is 0 Å². The van der Waals surface area contributed by atoms with E-state index in [-0.39, 0.29) is 18.8 Å². The van der Waals surface area contributed by atoms with E-state index in [1.807, 2.05) is 6.92 Å². The van der Waals surface area contributed by atoms with Crippen molar-refractivity contribution in [1.82, 2.24) is 4.31 Å². The maximum Gasteiger partial charge on any atom is 0.214 e. The van der Waals surface area contributed by atoms with Crippen molar-refractivity contribution in [3.63, 3.8) is 0 Å². The van der Waals surface area contributed by atoms with Crippen LogP contribution in [0, 0.1) is 0 Å². The largest absolute Gasteiger partial charge is 0.396 e. The lowest BCUT2D eigenvalue weighted by atomic mass is 10.5. The maximum absolute atomic E-state index is 11.4. The molecule has 0 amide bonds. The van der Waals surface area contributed by atoms with Crippen LogP contribution in [-0.2, 0) is 14.8 Å². The van der Waals surface area contributed by atoms with Gasteiger partial charge in [-0.25, -0.2) is 12.7 Å². The summed E-state index contributed by atoms with van der Waals surface area (Å²) in [6, 6.07) is 0. The number of aliphatic hydroxyl groups excluding tert-OH is 1. The van der Waals surface area contributed by atoms with E-state index in [1.165, 1.54) is 11.4 Å². The quantitative estimate of drug-likeness (QED) is 0.574. The molecule has 5 nitrogen and oxygen atoms in total. The van der Waals surface area contributed by atoms with Gasteiger partial charge in [0.1, 0.15) is 0 Å². The van der Waals surface area contributed by atoms with Crippen LogP contribution < -0.4 is 0 Å². The molecule has 0 bridgehead atoms. The average Bonchev–Trinajstić information content (AvgIpc) is 2.15. The summed E-state index contributed by atoms with van der Waals surface area (Å²) in [5.41, 5.74) is 0. The van der Waals surface area contributed by atoms with Crippen molar-refractivity contribution in [2.24, 2.45) is 0 Å². The van der Waals surface area contributed by atoms with E-state index in [4.69, 9.17) is 9.84 Å². The lowest BCUT2D eigenvalue weighted by Gasteiger charge is -2.16. The van der Waals surface area contributed by atoms with Gasteiger partial charge < -0.3 is 9.84 Å². The summed E-state index contributed by atoms with van der Waals surface area (Å²) >= 11 is 0. The minimum absolute atomic E-state index is 0.00781. The summed E-state index contributed by atoms with van der Waals surface area (Å²) in [5, 5.41) is 8.52. The SMILES string of the molecule is CCOCCN(C)S(=O)(=O)CCCO. The summed E-state index contributed by atoms with van der Waals surface area (Å²) in [5.74, 6) is -0.00781. The Labute approximate surface area is 85.7 Å². The fourth-order valence-corrected chi connectivity index (χ4v) is 2.04. The molecular formula is C8H19NO4S. The van der Waals surface area contributed by atoms with Gasteiger partial charge >= 0.3 is 0 Å². The molecule has 0 aromatic heterocycles. The van der Waals surface area contributed by atoms with Crippen LogP contribution in [0.3, 0.4) is 0 Å². The van der Waals surface area contributed by atoms with Crippen molar-refractivity contribution < 1.29 is 18.3 Å². The van der Waals surface area contributed by atoms with Crippen LogP contribution in [0.5, 0.6) is 0 Å². The molecule has 0 aliphatic carbocycles. The Morgan fingerprint density at radius 3 is 2.57 bits per heavy atom. The Bertz CT molecular complexity index is 227. The van der Waals surface area contributed by atoms with E-state index in [0.717, 1.165) is 0 Å². The lowest BCUT2D eigenvalue weighted by molar-refractivity contribution is 0.138. The van der Waals surface area contributed by atoms with Gasteiger partial charge in [0.15, 0.2) is 0 Å². The molecule has 0 aromatic carbocycles. The van der Waals surface area contributed by atoms with E-state index in [0.29, 0.717) is 19.8 Å². The average molecular weight is 225 g/mol. The van der Waals surface area contributed by atoms with Gasteiger partial charge in [0.2, 0.25) is 10.0 Å². The Morgan fingerprint density at radius 2 is 2.07 bits per heavy atom. The summed E-state index contributed by atoms with van der Waals surface area (Å²) < 4.78 is 29.2. The second kappa shape index (κ2) is 7.17. The van der Waals surface area contributed by atoms with Crippen molar-refractivity contribution in [3.8, 4) is 0 Å². The number of hydrogen-bond acceptors (Lipinski definition) is 4. The molecule has 1 N–H and O–H groups in total. The molecule has 0 unspecified atom stereocenters. The molecule has 0 aliphatic heterocycles. The monoisotopic (exact) mass is 225 g/mol. The van der Waals surface area contributed by atoms with Crippen molar-refractivity contribution in [1.29, 1.82) is 0 Å². The number of nitrogens with zero attached hydrogens (tertiary/aromatic N) is 1. The molecule has 0 spiro atoms. The fraction of sp³-hybridized carbons (Fsp3) is 1.00. The number of ether oxygens (including phenoxy) is 1. The smallest absolute Gasteiger partial charge is 0.214 e. The van der Waals surface area contributed by atoms with Crippen LogP contribution in [0.4, 0.5) is 0 Å². The zero-order chi connectivity index (χ0) is 11.0. The third-order valence-corrected chi connectivity index (χ3v) is 3.73. The molecule has 0 aliphatic rings.